The first-order valence-corrected chi connectivity index (χ1v) is 43.3. The molecule has 22 rings (SSSR count). The summed E-state index contributed by atoms with van der Waals surface area (Å²) in [6.07, 6.45) is 2.34. The first kappa shape index (κ1) is 85.2. The number of hydrogen-bond donors (Lipinski definition) is 0. The lowest BCUT2D eigenvalue weighted by Crippen LogP contribution is -2.28. The predicted molar refractivity (Wildman–Crippen MR) is 514 cm³/mol. The Hall–Kier alpha value is -15.6. The van der Waals surface area contributed by atoms with E-state index in [4.69, 9.17) is 39.2 Å². The number of fused-ring (bicyclic) bond motifs is 16. The van der Waals surface area contributed by atoms with Gasteiger partial charge in [0.25, 0.3) is 0 Å². The summed E-state index contributed by atoms with van der Waals surface area (Å²) in [6, 6.07) is 68.0. The Morgan fingerprint density at radius 2 is 0.785 bits per heavy atom. The van der Waals surface area contributed by atoms with Crippen LogP contribution in [0.1, 0.15) is 168 Å². The van der Waals surface area contributed by atoms with Crippen molar-refractivity contribution in [2.45, 2.75) is 67.9 Å². The zero-order valence-corrected chi connectivity index (χ0v) is 75.1. The monoisotopic (exact) mass is 1720 g/mol. The number of nitrogens with zero attached hydrogens (tertiary/aromatic N) is 18. The van der Waals surface area contributed by atoms with E-state index in [1.807, 2.05) is 298 Å². The Kier molecular flexibility index (Phi) is 22.9. The highest BCUT2D eigenvalue weighted by Gasteiger charge is 2.43. The van der Waals surface area contributed by atoms with Crippen LogP contribution in [0.2, 0.25) is 0 Å². The first-order chi connectivity index (χ1) is 62.9. The summed E-state index contributed by atoms with van der Waals surface area (Å²) in [7, 11) is 14.9. The van der Waals surface area contributed by atoms with Crippen LogP contribution in [0.15, 0.2) is 295 Å². The van der Waals surface area contributed by atoms with Crippen molar-refractivity contribution in [1.82, 2.24) is 39.4 Å². The van der Waals surface area contributed by atoms with Gasteiger partial charge < -0.3 is 33.8 Å². The molecule has 1 saturated heterocycles. The van der Waals surface area contributed by atoms with Crippen molar-refractivity contribution in [1.29, 1.82) is 0 Å². The molecule has 0 bridgehead atoms. The number of carbonyl (C=O) groups is 5. The number of carbonyl (C=O) groups excluding carboxylic acids is 5. The molecule has 130 heavy (non-hydrogen) atoms. The maximum atomic E-state index is 13.4. The molecule has 0 N–H and O–H groups in total. The Morgan fingerprint density at radius 3 is 1.25 bits per heavy atom. The van der Waals surface area contributed by atoms with Crippen molar-refractivity contribution in [2.24, 2.45) is 57.0 Å². The fourth-order valence-electron chi connectivity index (χ4n) is 17.8. The van der Waals surface area contributed by atoms with Gasteiger partial charge in [-0.15, -0.1) is 0 Å². The summed E-state index contributed by atoms with van der Waals surface area (Å²) < 4.78 is 12.3. The maximum absolute atomic E-state index is 13.4. The molecule has 0 unspecified atom stereocenters. The van der Waals surface area contributed by atoms with Gasteiger partial charge in [0.1, 0.15) is 68.5 Å². The largest absolute Gasteiger partial charge is 0.380 e. The third-order valence-electron chi connectivity index (χ3n) is 24.2. The van der Waals surface area contributed by atoms with Gasteiger partial charge in [-0.05, 0) is 107 Å². The number of likely N-dealkylation sites (tertiary alicyclic amines) is 1. The molecule has 0 radical (unpaired) electrons. The fourth-order valence-corrected chi connectivity index (χ4v) is 17.8. The van der Waals surface area contributed by atoms with Crippen LogP contribution in [0.4, 0.5) is 0 Å². The van der Waals surface area contributed by atoms with Crippen LogP contribution in [0, 0.1) is 34.6 Å². The van der Waals surface area contributed by atoms with Crippen molar-refractivity contribution in [2.75, 3.05) is 75.6 Å². The molecule has 25 nitrogen and oxygen atoms in total. The van der Waals surface area contributed by atoms with E-state index in [1.54, 1.807) is 11.8 Å². The lowest BCUT2D eigenvalue weighted by atomic mass is 9.82. The number of guanidine groups is 5. The molecule has 0 saturated carbocycles. The molecule has 2 aromatic heterocycles. The second-order valence-corrected chi connectivity index (χ2v) is 33.4. The number of hydrogen-bond acceptors (Lipinski definition) is 24. The van der Waals surface area contributed by atoms with Crippen LogP contribution in [0.5, 0.6) is 0 Å². The highest BCUT2D eigenvalue weighted by Crippen LogP contribution is 2.45. The number of para-hydroxylation sites is 1. The average molecular weight is 1720 g/mol. The fraction of sp³-hybridized carbons (Fsp3) is 0.210. The number of aryl methyl sites for hydroxylation is 6. The van der Waals surface area contributed by atoms with Gasteiger partial charge in [0, 0.05) is 144 Å². The average Bonchev–Trinajstić information content (AvgIpc) is 1.60. The van der Waals surface area contributed by atoms with Crippen molar-refractivity contribution >= 4 is 126 Å². The van der Waals surface area contributed by atoms with Crippen molar-refractivity contribution in [3.63, 3.8) is 0 Å². The highest BCUT2D eigenvalue weighted by molar-refractivity contribution is 6.48. The second-order valence-electron chi connectivity index (χ2n) is 33.4. The molecule has 8 heterocycles. The van der Waals surface area contributed by atoms with Gasteiger partial charge in [0.05, 0.1) is 51.2 Å². The summed E-state index contributed by atoms with van der Waals surface area (Å²) >= 11 is 0. The predicted octanol–water partition coefficient (Wildman–Crippen LogP) is 17.0. The number of rotatable bonds is 9. The Bertz CT molecular complexity index is 7220. The normalized spacial score (nSPS) is 16.2. The number of methoxy groups -OCH3 is 1. The topological polar surface area (TPSA) is 278 Å². The molecular weight excluding hydrogens is 1630 g/mol. The summed E-state index contributed by atoms with van der Waals surface area (Å²) in [6.45, 7) is 18.0. The van der Waals surface area contributed by atoms with Crippen molar-refractivity contribution < 1.29 is 33.2 Å². The summed E-state index contributed by atoms with van der Waals surface area (Å²) in [5.74, 6) is 3.73. The van der Waals surface area contributed by atoms with Gasteiger partial charge >= 0.3 is 0 Å². The van der Waals surface area contributed by atoms with Gasteiger partial charge in [-0.1, -0.05) is 211 Å². The number of allylic oxidation sites excluding steroid dienone is 10. The number of benzene rings is 9. The lowest BCUT2D eigenvalue weighted by molar-refractivity contribution is 0.104. The molecule has 11 aromatic rings. The van der Waals surface area contributed by atoms with Gasteiger partial charge in [0.15, 0.2) is 28.9 Å². The third kappa shape index (κ3) is 15.1. The Balaban J connectivity index is 0.000000109. The smallest absolute Gasteiger partial charge is 0.226 e. The van der Waals surface area contributed by atoms with Gasteiger partial charge in [0.2, 0.25) is 29.8 Å². The molecular formula is C105H94N18O7. The molecule has 11 aliphatic rings. The van der Waals surface area contributed by atoms with E-state index in [-0.39, 0.29) is 28.9 Å². The van der Waals surface area contributed by atoms with E-state index in [9.17, 15) is 24.0 Å². The summed E-state index contributed by atoms with van der Waals surface area (Å²) in [5.41, 5.74) is 27.7. The van der Waals surface area contributed by atoms with E-state index in [0.717, 1.165) is 144 Å². The number of aromatic nitrogens is 3. The first-order valence-electron chi connectivity index (χ1n) is 43.3. The van der Waals surface area contributed by atoms with Crippen molar-refractivity contribution in [3.8, 4) is 0 Å². The quantitative estimate of drug-likeness (QED) is 0.130. The summed E-state index contributed by atoms with van der Waals surface area (Å²) in [4.78, 5) is 124. The highest BCUT2D eigenvalue weighted by atomic mass is 16.5. The molecule has 6 aliphatic heterocycles. The minimum Gasteiger partial charge on any atom is -0.380 e. The van der Waals surface area contributed by atoms with Gasteiger partial charge in [-0.25, -0.2) is 49.9 Å². The zero-order chi connectivity index (χ0) is 90.8. The Labute approximate surface area is 753 Å². The Morgan fingerprint density at radius 1 is 0.385 bits per heavy atom. The number of ether oxygens (including phenoxy) is 1. The van der Waals surface area contributed by atoms with Gasteiger partial charge in [-0.2, -0.15) is 5.10 Å². The third-order valence-corrected chi connectivity index (χ3v) is 24.2. The molecule has 0 atom stereocenters. The molecule has 5 aliphatic carbocycles. The van der Waals surface area contributed by atoms with Crippen LogP contribution >= 0.6 is 0 Å². The number of aliphatic imine (C=N–C) groups is 10. The second kappa shape index (κ2) is 35.0. The molecule has 9 aromatic carbocycles. The van der Waals surface area contributed by atoms with Crippen molar-refractivity contribution in [3.05, 3.63) is 358 Å². The molecule has 25 heteroatoms. The summed E-state index contributed by atoms with van der Waals surface area (Å²) in [5, 5.41) is 9.62. The van der Waals surface area contributed by atoms with E-state index >= 15 is 0 Å². The van der Waals surface area contributed by atoms with E-state index in [0.29, 0.717) is 126 Å². The SMILES string of the molecule is CCN(CC)C1=NC2=C(c3c(C)noc3C)C(=O)c3ccccc3C2=N1.CN(C)C1=NC2=C(c3nn(C)c4ccccc34)C(=O)c3ccccc3C2=N1.COCc1cccc(C2=C3N=C(N(C)C)N=C3c3ccccc3C2=O)c1.Cc1ccc(C2=C3N=C(N(C)C)N=C3c3ccccc3C2=O)c(C)c1.Cc1ccccc1C1=C2N=C(N3CCCC3)N=C2c2ccccc2C1=O. The number of Topliss-reactive ketones (excluding diaryl/α,β-unsaturated/α-hetero) is 5. The van der Waals surface area contributed by atoms with Crippen LogP contribution in [0.25, 0.3) is 38.8 Å². The molecule has 0 amide bonds. The molecule has 0 spiro atoms. The van der Waals surface area contributed by atoms with E-state index < -0.39 is 0 Å². The van der Waals surface area contributed by atoms with E-state index in [1.165, 1.54) is 18.4 Å². The maximum Gasteiger partial charge on any atom is 0.226 e. The minimum atomic E-state index is -0.0628. The lowest BCUT2D eigenvalue weighted by Gasteiger charge is -2.20. The van der Waals surface area contributed by atoms with Gasteiger partial charge in [-0.3, -0.25) is 28.7 Å². The van der Waals surface area contributed by atoms with Crippen LogP contribution in [0.3, 0.4) is 0 Å². The molecule has 1 fully saturated rings. The van der Waals surface area contributed by atoms with E-state index in [2.05, 4.69) is 66.9 Å². The van der Waals surface area contributed by atoms with Crippen LogP contribution in [-0.2, 0) is 18.4 Å². The zero-order valence-electron chi connectivity index (χ0n) is 75.1. The van der Waals surface area contributed by atoms with Crippen LogP contribution < -0.4 is 0 Å². The number of ketones is 5. The minimum absolute atomic E-state index is 0.0141. The van der Waals surface area contributed by atoms with Crippen LogP contribution in [-0.4, -0.2) is 202 Å². The molecule has 646 valence electrons. The standard InChI is InChI=1S/C22H19N3O.C21H17N5O.C21H19N3O2.C21H19N3O.C20H20N4O2/c1-14-8-2-3-9-15(14)18-20-19(16-10-4-5-11-17(16)21(18)26)23-22(24-20)25-12-6-7-13-25;1-25(2)21-22-18-12-8-4-5-9-13(12)20(27)16(19(18)23-21)17-14-10-6-7-11-15(14)26(3)24-17;1-24(2)21-22-18-15-9-4-5-10-16(15)20(25)17(19(18)23-21)14-8-6-7-13(11-14)12-26-3;1-12-9-10-14(13(2)11-12)17-19-18(22-21(23-19)24(3)4)15-7-5-6-8-16(15)20(17)25;1-5-24(6-2)20-21-17-13-9-7-8-10-14(13)19(25)16(18(17)22-20)15-11(3)23-26-12(15)4/h2-5,8-11H,6-7,12-13H2,1H3;4-11H,1-3H3;4-11H,12H2,1-3H3;5-11H,1-4H3;7-10H,5-6H2,1-4H3.